The summed E-state index contributed by atoms with van der Waals surface area (Å²) in [6.07, 6.45) is 0. The summed E-state index contributed by atoms with van der Waals surface area (Å²) in [4.78, 5) is 11.6. The second-order valence-electron chi connectivity index (χ2n) is 3.97. The number of nitrogens with zero attached hydrogens (tertiary/aromatic N) is 1. The molecule has 0 atom stereocenters. The normalized spacial score (nSPS) is 21.1. The van der Waals surface area contributed by atoms with Gasteiger partial charge in [-0.05, 0) is 6.07 Å². The zero-order chi connectivity index (χ0) is 10.6. The molecule has 76 valence electrons. The van der Waals surface area contributed by atoms with Gasteiger partial charge in [0.15, 0.2) is 5.69 Å². The molecule has 0 spiro atoms. The van der Waals surface area contributed by atoms with Crippen molar-refractivity contribution >= 4 is 17.2 Å². The molecule has 1 N–H and O–H groups in total. The Bertz CT molecular complexity index is 489. The largest absolute Gasteiger partial charge is 0.627 e. The van der Waals surface area contributed by atoms with Crippen LogP contribution in [0.3, 0.4) is 0 Å². The summed E-state index contributed by atoms with van der Waals surface area (Å²) in [5.41, 5.74) is 2.23. The van der Waals surface area contributed by atoms with Gasteiger partial charge in [0.1, 0.15) is 18.8 Å². The summed E-state index contributed by atoms with van der Waals surface area (Å²) in [6.45, 7) is 4.82. The van der Waals surface area contributed by atoms with Crippen LogP contribution in [0.15, 0.2) is 30.5 Å². The lowest BCUT2D eigenvalue weighted by molar-refractivity contribution is 0.104. The van der Waals surface area contributed by atoms with Crippen LogP contribution in [0.2, 0.25) is 0 Å². The third-order valence-electron chi connectivity index (χ3n) is 2.91. The Kier molecular flexibility index (Phi) is 1.43. The van der Waals surface area contributed by atoms with E-state index in [-0.39, 0.29) is 10.4 Å². The van der Waals surface area contributed by atoms with E-state index in [1.54, 1.807) is 18.2 Å². The van der Waals surface area contributed by atoms with Crippen LogP contribution in [0.25, 0.3) is 0 Å². The molecule has 0 bridgehead atoms. The Balaban J connectivity index is 2.21. The van der Waals surface area contributed by atoms with E-state index >= 15 is 0 Å². The van der Waals surface area contributed by atoms with Crippen LogP contribution in [0.4, 0.5) is 11.4 Å². The number of carbonyl (C=O) groups excluding carboxylic acids is 1. The molecule has 0 aromatic heterocycles. The number of fused-ring (bicyclic) bond motifs is 1. The molecular formula is C11H10N2O2. The lowest BCUT2D eigenvalue weighted by atomic mass is 10.1. The highest BCUT2D eigenvalue weighted by Crippen LogP contribution is 2.42. The standard InChI is InChI=1S/C11H10N2O2/c1-7-11(14)8-3-2-4-9(10(8)12-7)13(15)5-6-13/h2-4,12H,1,5-6H2. The average molecular weight is 202 g/mol. The van der Waals surface area contributed by atoms with Gasteiger partial charge in [-0.25, -0.2) is 0 Å². The van der Waals surface area contributed by atoms with Gasteiger partial charge in [-0.2, -0.15) is 0 Å². The average Bonchev–Trinajstić information content (AvgIpc) is 2.90. The lowest BCUT2D eigenvalue weighted by Crippen LogP contribution is -2.16. The first-order valence-corrected chi connectivity index (χ1v) is 4.84. The maximum atomic E-state index is 11.9. The van der Waals surface area contributed by atoms with E-state index in [1.807, 2.05) is 0 Å². The van der Waals surface area contributed by atoms with Crippen molar-refractivity contribution in [2.24, 2.45) is 0 Å². The molecule has 4 nitrogen and oxygen atoms in total. The molecule has 0 amide bonds. The van der Waals surface area contributed by atoms with Crippen LogP contribution in [0.5, 0.6) is 0 Å². The van der Waals surface area contributed by atoms with Gasteiger partial charge < -0.3 is 15.2 Å². The first-order valence-electron chi connectivity index (χ1n) is 4.84. The molecule has 0 aliphatic carbocycles. The Labute approximate surface area is 87.0 Å². The van der Waals surface area contributed by atoms with Crippen molar-refractivity contribution in [1.29, 1.82) is 0 Å². The third kappa shape index (κ3) is 1.06. The van der Waals surface area contributed by atoms with Gasteiger partial charge in [-0.3, -0.25) is 4.79 Å². The smallest absolute Gasteiger partial charge is 0.210 e. The first-order chi connectivity index (χ1) is 7.12. The van der Waals surface area contributed by atoms with Crippen molar-refractivity contribution in [2.75, 3.05) is 18.4 Å². The summed E-state index contributed by atoms with van der Waals surface area (Å²) < 4.78 is -0.323. The highest BCUT2D eigenvalue weighted by molar-refractivity contribution is 6.19. The molecule has 1 fully saturated rings. The maximum absolute atomic E-state index is 11.9. The fraction of sp³-hybridized carbons (Fsp3) is 0.182. The number of hydrogen-bond acceptors (Lipinski definition) is 3. The first kappa shape index (κ1) is 8.64. The Morgan fingerprint density at radius 2 is 2.13 bits per heavy atom. The highest BCUT2D eigenvalue weighted by Gasteiger charge is 2.40. The number of anilines is 1. The lowest BCUT2D eigenvalue weighted by Gasteiger charge is -2.22. The number of rotatable bonds is 1. The van der Waals surface area contributed by atoms with E-state index in [9.17, 15) is 10.0 Å². The van der Waals surface area contributed by atoms with Crippen molar-refractivity contribution < 1.29 is 4.79 Å². The van der Waals surface area contributed by atoms with E-state index in [1.165, 1.54) is 0 Å². The fourth-order valence-electron chi connectivity index (χ4n) is 1.90. The van der Waals surface area contributed by atoms with Gasteiger partial charge in [-0.1, -0.05) is 12.6 Å². The summed E-state index contributed by atoms with van der Waals surface area (Å²) in [6, 6.07) is 5.25. The zero-order valence-electron chi connectivity index (χ0n) is 8.12. The van der Waals surface area contributed by atoms with Crippen molar-refractivity contribution in [3.05, 3.63) is 41.2 Å². The molecule has 0 radical (unpaired) electrons. The summed E-state index contributed by atoms with van der Waals surface area (Å²) in [5.74, 6) is -0.111. The number of Topliss-reactive ketones (excluding diaryl/α,β-unsaturated/α-hetero) is 1. The molecule has 1 aromatic rings. The molecule has 2 heterocycles. The Morgan fingerprint density at radius 1 is 1.40 bits per heavy atom. The van der Waals surface area contributed by atoms with Crippen LogP contribution in [0, 0.1) is 5.21 Å². The van der Waals surface area contributed by atoms with E-state index in [0.717, 1.165) is 0 Å². The quantitative estimate of drug-likeness (QED) is 0.326. The number of allylic oxidation sites excluding steroid dienone is 1. The predicted octanol–water partition coefficient (Wildman–Crippen LogP) is 1.63. The number of para-hydroxylation sites is 1. The molecule has 2 aliphatic heterocycles. The molecular weight excluding hydrogens is 192 g/mol. The summed E-state index contributed by atoms with van der Waals surface area (Å²) in [5, 5.41) is 14.8. The number of nitrogens with one attached hydrogen (secondary N) is 1. The van der Waals surface area contributed by atoms with Gasteiger partial charge in [-0.15, -0.1) is 0 Å². The minimum Gasteiger partial charge on any atom is -0.627 e. The maximum Gasteiger partial charge on any atom is 0.210 e. The molecule has 2 aliphatic rings. The van der Waals surface area contributed by atoms with E-state index in [0.29, 0.717) is 35.7 Å². The molecule has 1 saturated heterocycles. The van der Waals surface area contributed by atoms with Gasteiger partial charge in [0.25, 0.3) is 0 Å². The predicted molar refractivity (Wildman–Crippen MR) is 58.4 cm³/mol. The number of hydrogen-bond donors (Lipinski definition) is 1. The van der Waals surface area contributed by atoms with E-state index < -0.39 is 0 Å². The Morgan fingerprint density at radius 3 is 2.80 bits per heavy atom. The van der Waals surface area contributed by atoms with Crippen LogP contribution in [0.1, 0.15) is 10.4 Å². The number of ketones is 1. The van der Waals surface area contributed by atoms with Crippen molar-refractivity contribution in [3.63, 3.8) is 0 Å². The van der Waals surface area contributed by atoms with E-state index in [4.69, 9.17) is 0 Å². The van der Waals surface area contributed by atoms with E-state index in [2.05, 4.69) is 11.9 Å². The minimum absolute atomic E-state index is 0.111. The van der Waals surface area contributed by atoms with Crippen LogP contribution >= 0.6 is 0 Å². The fourth-order valence-corrected chi connectivity index (χ4v) is 1.90. The SMILES string of the molecule is C=C1Nc2c(cccc2[N+]2([O-])CC2)C1=O. The van der Waals surface area contributed by atoms with Crippen LogP contribution in [-0.2, 0) is 0 Å². The van der Waals surface area contributed by atoms with Crippen molar-refractivity contribution in [3.8, 4) is 0 Å². The van der Waals surface area contributed by atoms with Gasteiger partial charge in [0, 0.05) is 6.07 Å². The molecule has 3 rings (SSSR count). The van der Waals surface area contributed by atoms with Crippen molar-refractivity contribution in [2.45, 2.75) is 0 Å². The topological polar surface area (TPSA) is 52.2 Å². The van der Waals surface area contributed by atoms with Crippen LogP contribution < -0.4 is 9.96 Å². The second-order valence-corrected chi connectivity index (χ2v) is 3.97. The number of carbonyl (C=O) groups is 1. The van der Waals surface area contributed by atoms with Crippen LogP contribution in [-0.4, -0.2) is 18.9 Å². The van der Waals surface area contributed by atoms with Crippen molar-refractivity contribution in [1.82, 2.24) is 4.65 Å². The third-order valence-corrected chi connectivity index (χ3v) is 2.91. The van der Waals surface area contributed by atoms with Gasteiger partial charge in [0.05, 0.1) is 11.3 Å². The van der Waals surface area contributed by atoms with Gasteiger partial charge >= 0.3 is 0 Å². The minimum atomic E-state index is -0.323. The molecule has 1 aromatic carbocycles. The molecule has 4 heteroatoms. The summed E-state index contributed by atoms with van der Waals surface area (Å²) >= 11 is 0. The number of quaternary nitrogens is 1. The Hall–Kier alpha value is -1.65. The second kappa shape index (κ2) is 2.48. The molecule has 0 unspecified atom stereocenters. The van der Waals surface area contributed by atoms with Gasteiger partial charge in [0.2, 0.25) is 5.78 Å². The zero-order valence-corrected chi connectivity index (χ0v) is 8.12. The number of benzene rings is 1. The monoisotopic (exact) mass is 202 g/mol. The summed E-state index contributed by atoms with van der Waals surface area (Å²) in [7, 11) is 0. The molecule has 15 heavy (non-hydrogen) atoms. The number of hydroxylamine groups is 2. The highest BCUT2D eigenvalue weighted by atomic mass is 16.6. The molecule has 0 saturated carbocycles.